The number of carbonyl (C=O) groups excluding carboxylic acids is 1. The Morgan fingerprint density at radius 3 is 2.63 bits per heavy atom. The lowest BCUT2D eigenvalue weighted by Gasteiger charge is -2.10. The molecule has 0 aliphatic heterocycles. The van der Waals surface area contributed by atoms with Gasteiger partial charge in [0.15, 0.2) is 11.0 Å². The van der Waals surface area contributed by atoms with Crippen molar-refractivity contribution in [2.45, 2.75) is 31.7 Å². The number of rotatable bonds is 8. The topological polar surface area (TPSA) is 79.4 Å². The van der Waals surface area contributed by atoms with Crippen molar-refractivity contribution in [3.05, 3.63) is 48.4 Å². The van der Waals surface area contributed by atoms with Gasteiger partial charge in [0.05, 0.1) is 31.8 Å². The second kappa shape index (κ2) is 8.77. The third-order valence-corrected chi connectivity index (χ3v) is 4.59. The molecule has 2 heterocycles. The Kier molecular flexibility index (Phi) is 6.18. The monoisotopic (exact) mass is 387 g/mol. The van der Waals surface area contributed by atoms with Crippen LogP contribution in [0.2, 0.25) is 0 Å². The predicted octanol–water partition coefficient (Wildman–Crippen LogP) is 3.64. The van der Waals surface area contributed by atoms with Crippen molar-refractivity contribution in [3.8, 4) is 17.1 Å². The number of esters is 1. The minimum atomic E-state index is -0.284. The molecular formula is C19H21N3O4S. The largest absolute Gasteiger partial charge is 0.497 e. The van der Waals surface area contributed by atoms with Crippen LogP contribution >= 0.6 is 11.8 Å². The Morgan fingerprint density at radius 2 is 2.00 bits per heavy atom. The van der Waals surface area contributed by atoms with Gasteiger partial charge in [-0.1, -0.05) is 11.8 Å². The molecule has 0 saturated carbocycles. The molecule has 142 valence electrons. The summed E-state index contributed by atoms with van der Waals surface area (Å²) in [6, 6.07) is 11.3. The molecule has 1 aromatic carbocycles. The van der Waals surface area contributed by atoms with E-state index in [1.54, 1.807) is 13.4 Å². The Bertz CT molecular complexity index is 873. The fraction of sp³-hybridized carbons (Fsp3) is 0.316. The number of methoxy groups -OCH3 is 1. The van der Waals surface area contributed by atoms with Crippen LogP contribution in [0.1, 0.15) is 19.6 Å². The summed E-state index contributed by atoms with van der Waals surface area (Å²) in [5.74, 6) is 2.11. The number of nitrogens with zero attached hydrogens (tertiary/aromatic N) is 3. The standard InChI is InChI=1S/C19H21N3O4S/c1-13(2)26-17(23)12-27-19-21-20-18(14-6-8-15(24-3)9-7-14)22(19)11-16-5-4-10-25-16/h4-10,13H,11-12H2,1-3H3. The van der Waals surface area contributed by atoms with Crippen LogP contribution < -0.4 is 4.74 Å². The molecule has 2 aromatic heterocycles. The molecule has 0 saturated heterocycles. The summed E-state index contributed by atoms with van der Waals surface area (Å²) in [4.78, 5) is 11.9. The van der Waals surface area contributed by atoms with Gasteiger partial charge >= 0.3 is 5.97 Å². The molecule has 0 radical (unpaired) electrons. The van der Waals surface area contributed by atoms with E-state index >= 15 is 0 Å². The van der Waals surface area contributed by atoms with Crippen LogP contribution in [0.25, 0.3) is 11.4 Å². The van der Waals surface area contributed by atoms with Crippen LogP contribution in [0.3, 0.4) is 0 Å². The van der Waals surface area contributed by atoms with Gasteiger partial charge in [-0.2, -0.15) is 0 Å². The van der Waals surface area contributed by atoms with E-state index in [0.29, 0.717) is 17.5 Å². The fourth-order valence-corrected chi connectivity index (χ4v) is 3.19. The lowest BCUT2D eigenvalue weighted by Crippen LogP contribution is -2.14. The maximum absolute atomic E-state index is 11.9. The van der Waals surface area contributed by atoms with E-state index < -0.39 is 0 Å². The SMILES string of the molecule is COc1ccc(-c2nnc(SCC(=O)OC(C)C)n2Cc2ccco2)cc1. The van der Waals surface area contributed by atoms with Crippen molar-refractivity contribution in [3.63, 3.8) is 0 Å². The third kappa shape index (κ3) is 4.91. The summed E-state index contributed by atoms with van der Waals surface area (Å²) >= 11 is 1.29. The fourth-order valence-electron chi connectivity index (χ4n) is 2.47. The van der Waals surface area contributed by atoms with E-state index in [1.807, 2.05) is 54.8 Å². The molecule has 3 aromatic rings. The smallest absolute Gasteiger partial charge is 0.316 e. The summed E-state index contributed by atoms with van der Waals surface area (Å²) in [7, 11) is 1.62. The van der Waals surface area contributed by atoms with E-state index in [0.717, 1.165) is 17.1 Å². The molecule has 0 unspecified atom stereocenters. The van der Waals surface area contributed by atoms with Gasteiger partial charge < -0.3 is 13.9 Å². The van der Waals surface area contributed by atoms with Gasteiger partial charge in [-0.25, -0.2) is 0 Å². The number of carbonyl (C=O) groups is 1. The first-order valence-electron chi connectivity index (χ1n) is 8.49. The average Bonchev–Trinajstić information content (AvgIpc) is 3.30. The second-order valence-corrected chi connectivity index (χ2v) is 6.97. The number of hydrogen-bond acceptors (Lipinski definition) is 7. The lowest BCUT2D eigenvalue weighted by atomic mass is 10.2. The van der Waals surface area contributed by atoms with E-state index in [1.165, 1.54) is 11.8 Å². The van der Waals surface area contributed by atoms with Crippen LogP contribution in [-0.2, 0) is 16.1 Å². The number of ether oxygens (including phenoxy) is 2. The summed E-state index contributed by atoms with van der Waals surface area (Å²) < 4.78 is 17.8. The molecule has 3 rings (SSSR count). The Labute approximate surface area is 161 Å². The van der Waals surface area contributed by atoms with Crippen LogP contribution in [0, 0.1) is 0 Å². The molecule has 0 fully saturated rings. The predicted molar refractivity (Wildman–Crippen MR) is 102 cm³/mol. The second-order valence-electron chi connectivity index (χ2n) is 6.03. The third-order valence-electron chi connectivity index (χ3n) is 3.65. The van der Waals surface area contributed by atoms with Gasteiger partial charge in [0.1, 0.15) is 11.5 Å². The molecule has 0 amide bonds. The number of benzene rings is 1. The highest BCUT2D eigenvalue weighted by atomic mass is 32.2. The first kappa shape index (κ1) is 19.0. The molecule has 27 heavy (non-hydrogen) atoms. The van der Waals surface area contributed by atoms with Crippen molar-refractivity contribution >= 4 is 17.7 Å². The highest BCUT2D eigenvalue weighted by molar-refractivity contribution is 7.99. The Morgan fingerprint density at radius 1 is 1.22 bits per heavy atom. The van der Waals surface area contributed by atoms with Crippen LogP contribution in [0.15, 0.2) is 52.2 Å². The van der Waals surface area contributed by atoms with Gasteiger partial charge in [0.25, 0.3) is 0 Å². The average molecular weight is 387 g/mol. The quantitative estimate of drug-likeness (QED) is 0.431. The van der Waals surface area contributed by atoms with Crippen molar-refractivity contribution in [2.24, 2.45) is 0 Å². The highest BCUT2D eigenvalue weighted by Gasteiger charge is 2.17. The first-order valence-corrected chi connectivity index (χ1v) is 9.47. The summed E-state index contributed by atoms with van der Waals surface area (Å²) in [6.45, 7) is 4.11. The van der Waals surface area contributed by atoms with E-state index in [9.17, 15) is 4.79 Å². The molecule has 0 N–H and O–H groups in total. The maximum Gasteiger partial charge on any atom is 0.316 e. The minimum Gasteiger partial charge on any atom is -0.497 e. The first-order chi connectivity index (χ1) is 13.1. The van der Waals surface area contributed by atoms with Crippen LogP contribution in [-0.4, -0.2) is 39.7 Å². The van der Waals surface area contributed by atoms with Crippen LogP contribution in [0.5, 0.6) is 5.75 Å². The molecule has 8 heteroatoms. The number of hydrogen-bond donors (Lipinski definition) is 0. The van der Waals surface area contributed by atoms with Crippen LogP contribution in [0.4, 0.5) is 0 Å². The summed E-state index contributed by atoms with van der Waals surface area (Å²) in [5.41, 5.74) is 0.895. The zero-order valence-corrected chi connectivity index (χ0v) is 16.2. The summed E-state index contributed by atoms with van der Waals surface area (Å²) in [5, 5.41) is 9.20. The molecule has 0 aliphatic carbocycles. The van der Waals surface area contributed by atoms with Crippen molar-refractivity contribution in [2.75, 3.05) is 12.9 Å². The van der Waals surface area contributed by atoms with E-state index in [4.69, 9.17) is 13.9 Å². The number of thioether (sulfide) groups is 1. The number of aromatic nitrogens is 3. The molecule has 7 nitrogen and oxygen atoms in total. The highest BCUT2D eigenvalue weighted by Crippen LogP contribution is 2.27. The van der Waals surface area contributed by atoms with Crippen molar-refractivity contribution in [1.82, 2.24) is 14.8 Å². The summed E-state index contributed by atoms with van der Waals surface area (Å²) in [6.07, 6.45) is 1.48. The Balaban J connectivity index is 1.86. The zero-order valence-electron chi connectivity index (χ0n) is 15.4. The minimum absolute atomic E-state index is 0.144. The van der Waals surface area contributed by atoms with Crippen molar-refractivity contribution in [1.29, 1.82) is 0 Å². The molecule has 0 aliphatic rings. The van der Waals surface area contributed by atoms with Gasteiger partial charge in [-0.05, 0) is 50.2 Å². The molecular weight excluding hydrogens is 366 g/mol. The van der Waals surface area contributed by atoms with Gasteiger partial charge in [0.2, 0.25) is 0 Å². The van der Waals surface area contributed by atoms with Gasteiger partial charge in [-0.3, -0.25) is 9.36 Å². The van der Waals surface area contributed by atoms with E-state index in [2.05, 4.69) is 10.2 Å². The lowest BCUT2D eigenvalue weighted by molar-refractivity contribution is -0.144. The van der Waals surface area contributed by atoms with Crippen molar-refractivity contribution < 1.29 is 18.7 Å². The Hall–Kier alpha value is -2.74. The maximum atomic E-state index is 11.9. The number of furan rings is 1. The normalized spacial score (nSPS) is 11.0. The zero-order chi connectivity index (χ0) is 19.2. The van der Waals surface area contributed by atoms with Gasteiger partial charge in [-0.15, -0.1) is 10.2 Å². The molecule has 0 atom stereocenters. The van der Waals surface area contributed by atoms with Gasteiger partial charge in [0, 0.05) is 5.56 Å². The van der Waals surface area contributed by atoms with E-state index in [-0.39, 0.29) is 17.8 Å². The molecule has 0 spiro atoms. The molecule has 0 bridgehead atoms.